The lowest BCUT2D eigenvalue weighted by Gasteiger charge is -2.15. The third-order valence-corrected chi connectivity index (χ3v) is 1.60. The largest absolute Gasteiger partial charge is 0.477 e. The number of hydrogen-bond donors (Lipinski definition) is 1. The monoisotopic (exact) mass is 162 g/mol. The van der Waals surface area contributed by atoms with Crippen LogP contribution in [0.5, 0.6) is 0 Å². The molecule has 12 heavy (non-hydrogen) atoms. The number of ether oxygens (including phenoxy) is 1. The van der Waals surface area contributed by atoms with Gasteiger partial charge in [-0.1, -0.05) is 18.2 Å². The molecule has 1 aromatic rings. The summed E-state index contributed by atoms with van der Waals surface area (Å²) in [6.45, 7) is 0.564. The summed E-state index contributed by atoms with van der Waals surface area (Å²) in [5.41, 5.74) is 4.22. The molecule has 2 rings (SSSR count). The van der Waals surface area contributed by atoms with Crippen LogP contribution in [-0.4, -0.2) is 11.7 Å². The van der Waals surface area contributed by atoms with Gasteiger partial charge in [-0.15, -0.1) is 0 Å². The summed E-state index contributed by atoms with van der Waals surface area (Å²) < 4.78 is 5.01. The molecule has 0 aliphatic carbocycles. The topological polar surface area (TPSA) is 24.5 Å². The van der Waals surface area contributed by atoms with Crippen LogP contribution in [0.3, 0.4) is 0 Å². The van der Waals surface area contributed by atoms with Gasteiger partial charge in [0.15, 0.2) is 6.73 Å². The number of benzene rings is 1. The first-order valence-electron chi connectivity index (χ1n) is 3.82. The SMILES string of the molecule is C1=CN(Nc2ccccc2)CO1. The van der Waals surface area contributed by atoms with E-state index >= 15 is 0 Å². The molecule has 62 valence electrons. The van der Waals surface area contributed by atoms with Gasteiger partial charge in [0.2, 0.25) is 0 Å². The molecular weight excluding hydrogens is 152 g/mol. The molecule has 0 atom stereocenters. The van der Waals surface area contributed by atoms with Gasteiger partial charge in [-0.3, -0.25) is 10.4 Å². The summed E-state index contributed by atoms with van der Waals surface area (Å²) in [6.07, 6.45) is 3.52. The maximum absolute atomic E-state index is 5.01. The first-order chi connectivity index (χ1) is 5.95. The van der Waals surface area contributed by atoms with Gasteiger partial charge < -0.3 is 4.74 Å². The van der Waals surface area contributed by atoms with E-state index in [-0.39, 0.29) is 0 Å². The van der Waals surface area contributed by atoms with Gasteiger partial charge in [-0.25, -0.2) is 0 Å². The Morgan fingerprint density at radius 3 is 2.75 bits per heavy atom. The summed E-state index contributed by atoms with van der Waals surface area (Å²) in [5.74, 6) is 0. The standard InChI is InChI=1S/C9H10N2O/c1-2-4-9(5-3-1)10-11-6-7-12-8-11/h1-7,10H,8H2. The lowest BCUT2D eigenvalue weighted by atomic mass is 10.3. The predicted octanol–water partition coefficient (Wildman–Crippen LogP) is 1.77. The number of hydrogen-bond acceptors (Lipinski definition) is 3. The van der Waals surface area contributed by atoms with Gasteiger partial charge in [-0.05, 0) is 12.1 Å². The maximum atomic E-state index is 5.01. The van der Waals surface area contributed by atoms with Gasteiger partial charge in [0.05, 0.1) is 11.9 Å². The smallest absolute Gasteiger partial charge is 0.178 e. The van der Waals surface area contributed by atoms with Crippen LogP contribution in [0.1, 0.15) is 0 Å². The second-order valence-electron chi connectivity index (χ2n) is 2.53. The second-order valence-corrected chi connectivity index (χ2v) is 2.53. The molecule has 0 saturated heterocycles. The van der Waals surface area contributed by atoms with Crippen LogP contribution < -0.4 is 5.43 Å². The van der Waals surface area contributed by atoms with Crippen LogP contribution >= 0.6 is 0 Å². The molecule has 0 saturated carbocycles. The Kier molecular flexibility index (Phi) is 1.86. The van der Waals surface area contributed by atoms with Crippen LogP contribution in [0, 0.1) is 0 Å². The van der Waals surface area contributed by atoms with Gasteiger partial charge in [-0.2, -0.15) is 0 Å². The van der Waals surface area contributed by atoms with Crippen LogP contribution in [0.25, 0.3) is 0 Å². The molecule has 0 radical (unpaired) electrons. The summed E-state index contributed by atoms with van der Waals surface area (Å²) in [7, 11) is 0. The number of hydrazine groups is 1. The third kappa shape index (κ3) is 1.50. The van der Waals surface area contributed by atoms with Crippen LogP contribution in [0.4, 0.5) is 5.69 Å². The van der Waals surface area contributed by atoms with E-state index in [9.17, 15) is 0 Å². The van der Waals surface area contributed by atoms with Crippen molar-refractivity contribution in [2.45, 2.75) is 0 Å². The van der Waals surface area contributed by atoms with Gasteiger partial charge in [0.1, 0.15) is 6.26 Å². The van der Waals surface area contributed by atoms with E-state index in [0.717, 1.165) is 5.69 Å². The van der Waals surface area contributed by atoms with E-state index in [1.165, 1.54) is 0 Å². The molecule has 1 aromatic carbocycles. The summed E-state index contributed by atoms with van der Waals surface area (Å²) >= 11 is 0. The zero-order valence-electron chi connectivity index (χ0n) is 6.60. The molecule has 0 fully saturated rings. The van der Waals surface area contributed by atoms with E-state index in [4.69, 9.17) is 4.74 Å². The zero-order chi connectivity index (χ0) is 8.23. The summed E-state index contributed by atoms with van der Waals surface area (Å²) in [5, 5.41) is 1.87. The van der Waals surface area contributed by atoms with E-state index in [1.807, 2.05) is 41.5 Å². The highest BCUT2D eigenvalue weighted by Gasteiger charge is 2.02. The second kappa shape index (κ2) is 3.17. The third-order valence-electron chi connectivity index (χ3n) is 1.60. The van der Waals surface area contributed by atoms with E-state index < -0.39 is 0 Å². The lowest BCUT2D eigenvalue weighted by Crippen LogP contribution is -2.22. The fraction of sp³-hybridized carbons (Fsp3) is 0.111. The van der Waals surface area contributed by atoms with E-state index in [2.05, 4.69) is 5.43 Å². The number of nitrogens with zero attached hydrogens (tertiary/aromatic N) is 1. The van der Waals surface area contributed by atoms with Crippen molar-refractivity contribution in [3.05, 3.63) is 42.8 Å². The first-order valence-corrected chi connectivity index (χ1v) is 3.82. The zero-order valence-corrected chi connectivity index (χ0v) is 6.60. The van der Waals surface area contributed by atoms with Crippen molar-refractivity contribution in [2.24, 2.45) is 0 Å². The molecule has 3 heteroatoms. The first kappa shape index (κ1) is 7.03. The van der Waals surface area contributed by atoms with Crippen molar-refractivity contribution in [2.75, 3.05) is 12.2 Å². The molecule has 0 amide bonds. The van der Waals surface area contributed by atoms with Crippen molar-refractivity contribution >= 4 is 5.69 Å². The quantitative estimate of drug-likeness (QED) is 0.717. The Morgan fingerprint density at radius 2 is 2.08 bits per heavy atom. The molecule has 0 bridgehead atoms. The van der Waals surface area contributed by atoms with Gasteiger partial charge in [0.25, 0.3) is 0 Å². The Hall–Kier alpha value is -1.64. The van der Waals surface area contributed by atoms with Crippen LogP contribution in [0.15, 0.2) is 42.8 Å². The molecular formula is C9H10N2O. The van der Waals surface area contributed by atoms with Crippen molar-refractivity contribution in [3.63, 3.8) is 0 Å². The minimum Gasteiger partial charge on any atom is -0.477 e. The van der Waals surface area contributed by atoms with Crippen molar-refractivity contribution in [1.82, 2.24) is 5.01 Å². The van der Waals surface area contributed by atoms with Crippen molar-refractivity contribution in [1.29, 1.82) is 0 Å². The number of nitrogens with one attached hydrogen (secondary N) is 1. The fourth-order valence-electron chi connectivity index (χ4n) is 1.03. The Balaban J connectivity index is 1.99. The average molecular weight is 162 g/mol. The Bertz CT molecular complexity index is 271. The lowest BCUT2D eigenvalue weighted by molar-refractivity contribution is 0.190. The molecule has 0 aromatic heterocycles. The molecule has 1 aliphatic rings. The molecule has 1 heterocycles. The van der Waals surface area contributed by atoms with Gasteiger partial charge in [0, 0.05) is 0 Å². The van der Waals surface area contributed by atoms with Crippen LogP contribution in [0.2, 0.25) is 0 Å². The molecule has 0 unspecified atom stereocenters. The van der Waals surface area contributed by atoms with Gasteiger partial charge >= 0.3 is 0 Å². The minimum absolute atomic E-state index is 0.564. The highest BCUT2D eigenvalue weighted by atomic mass is 16.5. The molecule has 3 nitrogen and oxygen atoms in total. The minimum atomic E-state index is 0.564. The van der Waals surface area contributed by atoms with Crippen molar-refractivity contribution in [3.8, 4) is 0 Å². The highest BCUT2D eigenvalue weighted by Crippen LogP contribution is 2.08. The highest BCUT2D eigenvalue weighted by molar-refractivity contribution is 5.41. The normalized spacial score (nSPS) is 14.5. The van der Waals surface area contributed by atoms with Crippen molar-refractivity contribution < 1.29 is 4.74 Å². The Labute approximate surface area is 71.2 Å². The fourth-order valence-corrected chi connectivity index (χ4v) is 1.03. The number of para-hydroxylation sites is 1. The number of anilines is 1. The predicted molar refractivity (Wildman–Crippen MR) is 47.0 cm³/mol. The van der Waals surface area contributed by atoms with E-state index in [1.54, 1.807) is 6.26 Å². The summed E-state index contributed by atoms with van der Waals surface area (Å²) in [4.78, 5) is 0. The summed E-state index contributed by atoms with van der Waals surface area (Å²) in [6, 6.07) is 9.98. The average Bonchev–Trinajstić information content (AvgIpc) is 2.59. The van der Waals surface area contributed by atoms with E-state index in [0.29, 0.717) is 6.73 Å². The molecule has 0 spiro atoms. The Morgan fingerprint density at radius 1 is 1.25 bits per heavy atom. The van der Waals surface area contributed by atoms with Crippen LogP contribution in [-0.2, 0) is 4.74 Å². The number of rotatable bonds is 2. The molecule has 1 aliphatic heterocycles. The molecule has 1 N–H and O–H groups in total. The maximum Gasteiger partial charge on any atom is 0.178 e.